The number of nitrogens with one attached hydrogen (secondary N) is 1. The van der Waals surface area contributed by atoms with Crippen molar-refractivity contribution in [2.75, 3.05) is 6.54 Å². The Hall–Kier alpha value is -1.37. The molecule has 0 aromatic rings. The van der Waals surface area contributed by atoms with Gasteiger partial charge in [-0.1, -0.05) is 0 Å². The minimum atomic E-state index is -1.22. The number of nitro groups is 1. The van der Waals surface area contributed by atoms with Crippen molar-refractivity contribution >= 4 is 6.09 Å². The van der Waals surface area contributed by atoms with Gasteiger partial charge in [0.2, 0.25) is 6.54 Å². The van der Waals surface area contributed by atoms with Crippen LogP contribution in [0.1, 0.15) is 20.3 Å². The molecule has 0 saturated carbocycles. The average Bonchev–Trinajstić information content (AvgIpc) is 1.77. The number of aliphatic hydroxyl groups excluding tert-OH is 1. The van der Waals surface area contributed by atoms with Crippen LogP contribution in [-0.2, 0) is 0 Å². The van der Waals surface area contributed by atoms with E-state index in [1.807, 2.05) is 0 Å². The summed E-state index contributed by atoms with van der Waals surface area (Å²) in [5, 5.41) is 29.8. The van der Waals surface area contributed by atoms with E-state index in [9.17, 15) is 20.0 Å². The van der Waals surface area contributed by atoms with Crippen molar-refractivity contribution in [3.63, 3.8) is 0 Å². The Morgan fingerprint density at radius 2 is 2.14 bits per heavy atom. The molecule has 0 radical (unpaired) electrons. The molecular weight excluding hydrogens is 192 g/mol. The fourth-order valence-corrected chi connectivity index (χ4v) is 1.17. The number of aliphatic hydroxyl groups is 1. The highest BCUT2D eigenvalue weighted by atomic mass is 16.6. The van der Waals surface area contributed by atoms with Crippen molar-refractivity contribution in [2.45, 2.75) is 31.9 Å². The lowest BCUT2D eigenvalue weighted by molar-refractivity contribution is -0.490. The van der Waals surface area contributed by atoms with Crippen LogP contribution in [-0.4, -0.2) is 39.4 Å². The minimum absolute atomic E-state index is 0.000278. The maximum absolute atomic E-state index is 10.3. The molecule has 0 aliphatic rings. The summed E-state index contributed by atoms with van der Waals surface area (Å²) < 4.78 is 0. The zero-order valence-electron chi connectivity index (χ0n) is 8.06. The molecule has 0 heterocycles. The topological polar surface area (TPSA) is 113 Å². The molecule has 1 atom stereocenters. The molecule has 0 aliphatic heterocycles. The summed E-state index contributed by atoms with van der Waals surface area (Å²) in [7, 11) is 0. The zero-order valence-corrected chi connectivity index (χ0v) is 8.06. The van der Waals surface area contributed by atoms with Crippen LogP contribution in [0.3, 0.4) is 0 Å². The van der Waals surface area contributed by atoms with E-state index in [2.05, 4.69) is 5.32 Å². The van der Waals surface area contributed by atoms with E-state index in [0.717, 1.165) is 0 Å². The van der Waals surface area contributed by atoms with Crippen LogP contribution in [0.15, 0.2) is 0 Å². The van der Waals surface area contributed by atoms with Gasteiger partial charge >= 0.3 is 6.09 Å². The van der Waals surface area contributed by atoms with Crippen molar-refractivity contribution in [3.8, 4) is 0 Å². The van der Waals surface area contributed by atoms with Crippen LogP contribution in [0.5, 0.6) is 0 Å². The van der Waals surface area contributed by atoms with E-state index in [1.165, 1.54) is 0 Å². The van der Waals surface area contributed by atoms with E-state index in [0.29, 0.717) is 0 Å². The molecule has 1 unspecified atom stereocenters. The molecule has 0 aromatic heterocycles. The molecule has 82 valence electrons. The molecule has 3 N–H and O–H groups in total. The van der Waals surface area contributed by atoms with E-state index in [-0.39, 0.29) is 6.42 Å². The van der Waals surface area contributed by atoms with Gasteiger partial charge in [0, 0.05) is 16.9 Å². The number of carboxylic acid groups (broad SMARTS) is 1. The van der Waals surface area contributed by atoms with E-state index in [1.54, 1.807) is 13.8 Å². The quantitative estimate of drug-likeness (QED) is 0.435. The first-order chi connectivity index (χ1) is 6.23. The lowest BCUT2D eigenvalue weighted by atomic mass is 9.97. The third kappa shape index (κ3) is 6.18. The van der Waals surface area contributed by atoms with Gasteiger partial charge in [-0.05, 0) is 13.8 Å². The number of carbonyl (C=O) groups is 1. The van der Waals surface area contributed by atoms with Crippen LogP contribution in [0.25, 0.3) is 0 Å². The first-order valence-electron chi connectivity index (χ1n) is 4.04. The third-order valence-corrected chi connectivity index (χ3v) is 1.55. The number of hydrogen-bond acceptors (Lipinski definition) is 4. The van der Waals surface area contributed by atoms with Gasteiger partial charge in [0.1, 0.15) is 6.10 Å². The number of amides is 1. The maximum atomic E-state index is 10.3. The van der Waals surface area contributed by atoms with Crippen molar-refractivity contribution in [1.29, 1.82) is 0 Å². The van der Waals surface area contributed by atoms with Gasteiger partial charge in [-0.25, -0.2) is 4.79 Å². The Morgan fingerprint density at radius 1 is 1.64 bits per heavy atom. The molecule has 0 rings (SSSR count). The highest BCUT2D eigenvalue weighted by Gasteiger charge is 2.26. The number of nitrogens with zero attached hydrogens (tertiary/aromatic N) is 1. The molecule has 0 bridgehead atoms. The number of hydrogen-bond donors (Lipinski definition) is 3. The fraction of sp³-hybridized carbons (Fsp3) is 0.857. The van der Waals surface area contributed by atoms with Gasteiger partial charge < -0.3 is 15.5 Å². The Labute approximate surface area is 80.9 Å². The summed E-state index contributed by atoms with van der Waals surface area (Å²) in [6.45, 7) is 2.51. The first kappa shape index (κ1) is 12.6. The SMILES string of the molecule is CC(C)(CC(O)C[N+](=O)[O-])NC(=O)O. The predicted octanol–water partition coefficient (Wildman–Crippen LogP) is 0.0603. The Kier molecular flexibility index (Phi) is 4.29. The van der Waals surface area contributed by atoms with Gasteiger partial charge in [-0.2, -0.15) is 0 Å². The highest BCUT2D eigenvalue weighted by Crippen LogP contribution is 2.11. The van der Waals surface area contributed by atoms with E-state index in [4.69, 9.17) is 5.11 Å². The second-order valence-electron chi connectivity index (χ2n) is 3.69. The summed E-state index contributed by atoms with van der Waals surface area (Å²) in [6, 6.07) is 0. The van der Waals surface area contributed by atoms with Gasteiger partial charge in [0.25, 0.3) is 0 Å². The second kappa shape index (κ2) is 4.75. The zero-order chi connectivity index (χ0) is 11.4. The molecule has 0 fully saturated rings. The van der Waals surface area contributed by atoms with Crippen molar-refractivity contribution < 1.29 is 19.9 Å². The molecule has 0 aromatic carbocycles. The first-order valence-corrected chi connectivity index (χ1v) is 4.04. The Morgan fingerprint density at radius 3 is 2.50 bits per heavy atom. The molecule has 7 heteroatoms. The lowest BCUT2D eigenvalue weighted by Gasteiger charge is -2.25. The average molecular weight is 206 g/mol. The van der Waals surface area contributed by atoms with Crippen LogP contribution < -0.4 is 5.32 Å². The predicted molar refractivity (Wildman–Crippen MR) is 47.7 cm³/mol. The summed E-state index contributed by atoms with van der Waals surface area (Å²) in [5.74, 6) is 0. The Bertz CT molecular complexity index is 228. The molecular formula is C7H14N2O5. The van der Waals surface area contributed by atoms with E-state index >= 15 is 0 Å². The third-order valence-electron chi connectivity index (χ3n) is 1.55. The smallest absolute Gasteiger partial charge is 0.405 e. The molecule has 0 spiro atoms. The van der Waals surface area contributed by atoms with Crippen LogP contribution in [0.2, 0.25) is 0 Å². The van der Waals surface area contributed by atoms with Crippen molar-refractivity contribution in [2.24, 2.45) is 0 Å². The second-order valence-corrected chi connectivity index (χ2v) is 3.69. The number of rotatable bonds is 5. The summed E-state index contributed by atoms with van der Waals surface area (Å²) >= 11 is 0. The largest absolute Gasteiger partial charge is 0.465 e. The van der Waals surface area contributed by atoms with Crippen molar-refractivity contribution in [3.05, 3.63) is 10.1 Å². The molecule has 0 saturated heterocycles. The van der Waals surface area contributed by atoms with Crippen LogP contribution in [0.4, 0.5) is 4.79 Å². The molecule has 7 nitrogen and oxygen atoms in total. The van der Waals surface area contributed by atoms with Gasteiger partial charge in [-0.3, -0.25) is 10.1 Å². The minimum Gasteiger partial charge on any atom is -0.465 e. The molecule has 1 amide bonds. The standard InChI is InChI=1S/C7H14N2O5/c1-7(2,8-6(11)12)3-5(10)4-9(13)14/h5,8,10H,3-4H2,1-2H3,(H,11,12). The highest BCUT2D eigenvalue weighted by molar-refractivity contribution is 5.65. The lowest BCUT2D eigenvalue weighted by Crippen LogP contribution is -2.46. The van der Waals surface area contributed by atoms with Gasteiger partial charge in [-0.15, -0.1) is 0 Å². The maximum Gasteiger partial charge on any atom is 0.405 e. The summed E-state index contributed by atoms with van der Waals surface area (Å²) in [5.41, 5.74) is -0.874. The van der Waals surface area contributed by atoms with Gasteiger partial charge in [0.15, 0.2) is 0 Å². The monoisotopic (exact) mass is 206 g/mol. The van der Waals surface area contributed by atoms with Crippen molar-refractivity contribution in [1.82, 2.24) is 5.32 Å². The van der Waals surface area contributed by atoms with Crippen LogP contribution >= 0.6 is 0 Å². The fourth-order valence-electron chi connectivity index (χ4n) is 1.17. The van der Waals surface area contributed by atoms with Crippen LogP contribution in [0, 0.1) is 10.1 Å². The van der Waals surface area contributed by atoms with Gasteiger partial charge in [0.05, 0.1) is 0 Å². The normalized spacial score (nSPS) is 13.4. The molecule has 0 aliphatic carbocycles. The Balaban J connectivity index is 4.07. The van der Waals surface area contributed by atoms with E-state index < -0.39 is 29.2 Å². The molecule has 14 heavy (non-hydrogen) atoms. The summed E-state index contributed by atoms with van der Waals surface area (Å²) in [4.78, 5) is 19.7. The summed E-state index contributed by atoms with van der Waals surface area (Å²) in [6.07, 6.45) is -2.37.